The molecule has 1 aliphatic heterocycles. The maximum atomic E-state index is 12.2. The molecule has 0 aromatic heterocycles. The second-order valence-corrected chi connectivity index (χ2v) is 6.86. The van der Waals surface area contributed by atoms with Crippen molar-refractivity contribution in [2.24, 2.45) is 0 Å². The van der Waals surface area contributed by atoms with Crippen molar-refractivity contribution < 1.29 is 9.59 Å². The van der Waals surface area contributed by atoms with Gasteiger partial charge in [0.05, 0.1) is 12.5 Å². The second kappa shape index (κ2) is 6.47. The minimum absolute atomic E-state index is 0.0986. The summed E-state index contributed by atoms with van der Waals surface area (Å²) in [5.41, 5.74) is 0.701. The molecule has 1 heterocycles. The van der Waals surface area contributed by atoms with Gasteiger partial charge < -0.3 is 10.2 Å². The standard InChI is InChI=1S/C16H18Cl2N2O2/c17-11-4-5-14(18)10(6-11)7-15(21)19-12-8-16(22)20(9-12)13-2-1-3-13/h4-6,12-13H,1-3,7-9H2,(H,19,21). The molecule has 6 heteroatoms. The first-order valence-corrected chi connectivity index (χ1v) is 8.31. The highest BCUT2D eigenvalue weighted by molar-refractivity contribution is 6.33. The van der Waals surface area contributed by atoms with E-state index in [2.05, 4.69) is 5.32 Å². The smallest absolute Gasteiger partial charge is 0.225 e. The quantitative estimate of drug-likeness (QED) is 0.916. The van der Waals surface area contributed by atoms with Crippen LogP contribution in [0.3, 0.4) is 0 Å². The van der Waals surface area contributed by atoms with Crippen LogP contribution in [0.25, 0.3) is 0 Å². The lowest BCUT2D eigenvalue weighted by Gasteiger charge is -2.34. The summed E-state index contributed by atoms with van der Waals surface area (Å²) in [6, 6.07) is 5.36. The molecule has 2 aliphatic rings. The van der Waals surface area contributed by atoms with Gasteiger partial charge in [0.1, 0.15) is 0 Å². The average molecular weight is 341 g/mol. The van der Waals surface area contributed by atoms with E-state index < -0.39 is 0 Å². The van der Waals surface area contributed by atoms with E-state index in [0.717, 1.165) is 12.8 Å². The molecule has 0 bridgehead atoms. The number of benzene rings is 1. The Kier molecular flexibility index (Phi) is 4.59. The Bertz CT molecular complexity index is 602. The predicted molar refractivity (Wildman–Crippen MR) is 86.1 cm³/mol. The maximum absolute atomic E-state index is 12.2. The number of likely N-dealkylation sites (tertiary alicyclic amines) is 1. The average Bonchev–Trinajstić information content (AvgIpc) is 2.72. The van der Waals surface area contributed by atoms with Crippen LogP contribution in [0.2, 0.25) is 10.0 Å². The highest BCUT2D eigenvalue weighted by Crippen LogP contribution is 2.28. The monoisotopic (exact) mass is 340 g/mol. The number of hydrogen-bond donors (Lipinski definition) is 1. The third-order valence-corrected chi connectivity index (χ3v) is 5.00. The fourth-order valence-corrected chi connectivity index (χ4v) is 3.39. The zero-order valence-electron chi connectivity index (χ0n) is 12.1. The van der Waals surface area contributed by atoms with Gasteiger partial charge in [-0.3, -0.25) is 9.59 Å². The first kappa shape index (κ1) is 15.6. The third kappa shape index (κ3) is 3.39. The number of amides is 2. The summed E-state index contributed by atoms with van der Waals surface area (Å²) in [5, 5.41) is 4.02. The topological polar surface area (TPSA) is 49.4 Å². The van der Waals surface area contributed by atoms with E-state index in [-0.39, 0.29) is 24.3 Å². The lowest BCUT2D eigenvalue weighted by molar-refractivity contribution is -0.131. The van der Waals surface area contributed by atoms with E-state index >= 15 is 0 Å². The Morgan fingerprint density at radius 3 is 2.77 bits per heavy atom. The van der Waals surface area contributed by atoms with Crippen molar-refractivity contribution in [2.45, 2.75) is 44.2 Å². The van der Waals surface area contributed by atoms with E-state index in [4.69, 9.17) is 23.2 Å². The molecule has 0 radical (unpaired) electrons. The molecule has 2 amide bonds. The predicted octanol–water partition coefficient (Wildman–Crippen LogP) is 2.81. The molecular formula is C16H18Cl2N2O2. The fourth-order valence-electron chi connectivity index (χ4n) is 3.01. The van der Waals surface area contributed by atoms with Gasteiger partial charge in [0.2, 0.25) is 11.8 Å². The van der Waals surface area contributed by atoms with Gasteiger partial charge in [-0.25, -0.2) is 0 Å². The Labute approximate surface area is 139 Å². The number of carbonyl (C=O) groups is 2. The Hall–Kier alpha value is -1.26. The van der Waals surface area contributed by atoms with Crippen LogP contribution in [0, 0.1) is 0 Å². The summed E-state index contributed by atoms with van der Waals surface area (Å²) in [5.74, 6) is 0.0215. The van der Waals surface area contributed by atoms with E-state index in [0.29, 0.717) is 34.6 Å². The van der Waals surface area contributed by atoms with Crippen LogP contribution in [-0.4, -0.2) is 35.3 Å². The Balaban J connectivity index is 1.56. The van der Waals surface area contributed by atoms with Crippen LogP contribution in [0.4, 0.5) is 0 Å². The van der Waals surface area contributed by atoms with Crippen molar-refractivity contribution in [1.82, 2.24) is 10.2 Å². The first-order valence-electron chi connectivity index (χ1n) is 7.55. The van der Waals surface area contributed by atoms with Gasteiger partial charge in [0.15, 0.2) is 0 Å². The fraction of sp³-hybridized carbons (Fsp3) is 0.500. The zero-order valence-corrected chi connectivity index (χ0v) is 13.7. The molecule has 1 saturated heterocycles. The van der Waals surface area contributed by atoms with Gasteiger partial charge in [-0.2, -0.15) is 0 Å². The molecular weight excluding hydrogens is 323 g/mol. The van der Waals surface area contributed by atoms with Crippen molar-refractivity contribution in [3.8, 4) is 0 Å². The van der Waals surface area contributed by atoms with E-state index in [1.54, 1.807) is 18.2 Å². The number of nitrogens with one attached hydrogen (secondary N) is 1. The van der Waals surface area contributed by atoms with Gasteiger partial charge in [-0.1, -0.05) is 23.2 Å². The molecule has 1 saturated carbocycles. The second-order valence-electron chi connectivity index (χ2n) is 6.01. The van der Waals surface area contributed by atoms with Gasteiger partial charge in [0, 0.05) is 29.1 Å². The third-order valence-electron chi connectivity index (χ3n) is 4.40. The number of carbonyl (C=O) groups excluding carboxylic acids is 2. The zero-order chi connectivity index (χ0) is 15.7. The molecule has 118 valence electrons. The number of rotatable bonds is 4. The van der Waals surface area contributed by atoms with Gasteiger partial charge in [-0.15, -0.1) is 0 Å². The minimum atomic E-state index is -0.127. The van der Waals surface area contributed by atoms with E-state index in [1.165, 1.54) is 6.42 Å². The Morgan fingerprint density at radius 2 is 2.09 bits per heavy atom. The van der Waals surface area contributed by atoms with Crippen molar-refractivity contribution in [1.29, 1.82) is 0 Å². The summed E-state index contributed by atoms with van der Waals surface area (Å²) >= 11 is 12.0. The molecule has 3 rings (SSSR count). The van der Waals surface area contributed by atoms with Crippen LogP contribution in [0.1, 0.15) is 31.2 Å². The lowest BCUT2D eigenvalue weighted by Crippen LogP contribution is -2.43. The van der Waals surface area contributed by atoms with Crippen LogP contribution in [-0.2, 0) is 16.0 Å². The van der Waals surface area contributed by atoms with Crippen molar-refractivity contribution >= 4 is 35.0 Å². The highest BCUT2D eigenvalue weighted by Gasteiger charge is 2.37. The lowest BCUT2D eigenvalue weighted by atomic mass is 9.92. The molecule has 1 N–H and O–H groups in total. The molecule has 1 atom stereocenters. The minimum Gasteiger partial charge on any atom is -0.351 e. The summed E-state index contributed by atoms with van der Waals surface area (Å²) < 4.78 is 0. The SMILES string of the molecule is O=C(Cc1cc(Cl)ccc1Cl)NC1CC(=O)N(C2CCC2)C1. The first-order chi connectivity index (χ1) is 10.5. The maximum Gasteiger partial charge on any atom is 0.225 e. The normalized spacial score (nSPS) is 21.8. The molecule has 1 unspecified atom stereocenters. The van der Waals surface area contributed by atoms with Crippen molar-refractivity contribution in [3.05, 3.63) is 33.8 Å². The van der Waals surface area contributed by atoms with Crippen molar-refractivity contribution in [2.75, 3.05) is 6.54 Å². The van der Waals surface area contributed by atoms with Gasteiger partial charge >= 0.3 is 0 Å². The summed E-state index contributed by atoms with van der Waals surface area (Å²) in [4.78, 5) is 26.1. The van der Waals surface area contributed by atoms with Gasteiger partial charge in [-0.05, 0) is 43.0 Å². The largest absolute Gasteiger partial charge is 0.351 e. The van der Waals surface area contributed by atoms with E-state index in [1.807, 2.05) is 4.90 Å². The summed E-state index contributed by atoms with van der Waals surface area (Å²) in [6.45, 7) is 0.624. The van der Waals surface area contributed by atoms with Crippen LogP contribution in [0.15, 0.2) is 18.2 Å². The number of hydrogen-bond acceptors (Lipinski definition) is 2. The van der Waals surface area contributed by atoms with Crippen LogP contribution >= 0.6 is 23.2 Å². The molecule has 1 aliphatic carbocycles. The number of halogens is 2. The van der Waals surface area contributed by atoms with E-state index in [9.17, 15) is 9.59 Å². The molecule has 4 nitrogen and oxygen atoms in total. The van der Waals surface area contributed by atoms with Crippen LogP contribution < -0.4 is 5.32 Å². The molecule has 2 fully saturated rings. The van der Waals surface area contributed by atoms with Crippen LogP contribution in [0.5, 0.6) is 0 Å². The highest BCUT2D eigenvalue weighted by atomic mass is 35.5. The van der Waals surface area contributed by atoms with Crippen molar-refractivity contribution in [3.63, 3.8) is 0 Å². The van der Waals surface area contributed by atoms with Gasteiger partial charge in [0.25, 0.3) is 0 Å². The molecule has 22 heavy (non-hydrogen) atoms. The Morgan fingerprint density at radius 1 is 1.32 bits per heavy atom. The molecule has 1 aromatic rings. The summed E-state index contributed by atoms with van der Waals surface area (Å²) in [6.07, 6.45) is 3.94. The summed E-state index contributed by atoms with van der Waals surface area (Å²) in [7, 11) is 0. The number of nitrogens with zero attached hydrogens (tertiary/aromatic N) is 1. The molecule has 0 spiro atoms. The molecule has 1 aromatic carbocycles.